The topological polar surface area (TPSA) is 48.5 Å². The molecule has 0 radical (unpaired) electrons. The summed E-state index contributed by atoms with van der Waals surface area (Å²) >= 11 is 0. The predicted molar refractivity (Wildman–Crippen MR) is 117 cm³/mol. The molecule has 2 fully saturated rings. The summed E-state index contributed by atoms with van der Waals surface area (Å²) < 4.78 is 38.8. The van der Waals surface area contributed by atoms with Crippen LogP contribution in [0.2, 0.25) is 0 Å². The number of anilines is 1. The van der Waals surface area contributed by atoms with E-state index in [9.17, 15) is 18.0 Å². The summed E-state index contributed by atoms with van der Waals surface area (Å²) in [6, 6.07) is 9.25. The molecule has 1 aromatic heterocycles. The van der Waals surface area contributed by atoms with Crippen LogP contribution in [0.3, 0.4) is 0 Å². The first-order valence-electron chi connectivity index (χ1n) is 11.1. The van der Waals surface area contributed by atoms with Crippen molar-refractivity contribution >= 4 is 11.6 Å². The summed E-state index contributed by atoms with van der Waals surface area (Å²) in [7, 11) is 2.05. The van der Waals surface area contributed by atoms with Crippen molar-refractivity contribution in [3.8, 4) is 0 Å². The molecule has 172 valence electrons. The van der Waals surface area contributed by atoms with Crippen LogP contribution in [-0.2, 0) is 17.5 Å². The van der Waals surface area contributed by atoms with Crippen molar-refractivity contribution < 1.29 is 18.0 Å². The second-order valence-electron chi connectivity index (χ2n) is 8.98. The molecule has 2 saturated heterocycles. The van der Waals surface area contributed by atoms with Gasteiger partial charge in [-0.2, -0.15) is 13.2 Å². The Kier molecular flexibility index (Phi) is 6.81. The molecule has 4 rings (SSSR count). The number of benzene rings is 1. The first-order valence-corrected chi connectivity index (χ1v) is 11.1. The largest absolute Gasteiger partial charge is 0.416 e. The third kappa shape index (κ3) is 5.48. The molecular formula is C24H29F3N4O. The molecule has 0 bridgehead atoms. The van der Waals surface area contributed by atoms with Crippen LogP contribution < -0.4 is 5.32 Å². The molecule has 1 amide bonds. The fraction of sp³-hybridized carbons (Fsp3) is 0.500. The number of likely N-dealkylation sites (tertiary alicyclic amines) is 2. The van der Waals surface area contributed by atoms with E-state index in [0.717, 1.165) is 51.0 Å². The van der Waals surface area contributed by atoms with Gasteiger partial charge in [0.2, 0.25) is 5.91 Å². The summed E-state index contributed by atoms with van der Waals surface area (Å²) in [6.07, 6.45) is 2.13. The second-order valence-corrected chi connectivity index (χ2v) is 8.98. The summed E-state index contributed by atoms with van der Waals surface area (Å²) in [4.78, 5) is 21.5. The number of piperidine rings is 1. The number of aromatic nitrogens is 1. The summed E-state index contributed by atoms with van der Waals surface area (Å²) in [5, 5.41) is 2.70. The zero-order valence-electron chi connectivity index (χ0n) is 18.2. The maximum atomic E-state index is 12.9. The molecule has 3 heterocycles. The summed E-state index contributed by atoms with van der Waals surface area (Å²) in [6.45, 7) is 3.61. The second kappa shape index (κ2) is 9.58. The van der Waals surface area contributed by atoms with E-state index in [1.165, 1.54) is 17.7 Å². The monoisotopic (exact) mass is 446 g/mol. The van der Waals surface area contributed by atoms with Crippen molar-refractivity contribution in [3.63, 3.8) is 0 Å². The van der Waals surface area contributed by atoms with Gasteiger partial charge in [-0.1, -0.05) is 6.07 Å². The average Bonchev–Trinajstić information content (AvgIpc) is 3.16. The van der Waals surface area contributed by atoms with Gasteiger partial charge in [-0.25, -0.2) is 0 Å². The third-order valence-corrected chi connectivity index (χ3v) is 6.76. The smallest absolute Gasteiger partial charge is 0.326 e. The Bertz CT molecular complexity index is 913. The number of nitrogens with one attached hydrogen (secondary N) is 1. The number of hydrogen-bond acceptors (Lipinski definition) is 4. The number of hydrogen-bond donors (Lipinski definition) is 1. The molecule has 1 N–H and O–H groups in total. The van der Waals surface area contributed by atoms with Gasteiger partial charge in [0.25, 0.3) is 0 Å². The Morgan fingerprint density at radius 1 is 1.16 bits per heavy atom. The van der Waals surface area contributed by atoms with E-state index in [1.807, 2.05) is 31.6 Å². The van der Waals surface area contributed by atoms with Crippen LogP contribution in [0.4, 0.5) is 18.9 Å². The Hall–Kier alpha value is -2.45. The van der Waals surface area contributed by atoms with Gasteiger partial charge in [0.15, 0.2) is 0 Å². The number of halogens is 3. The van der Waals surface area contributed by atoms with Crippen LogP contribution in [0.25, 0.3) is 0 Å². The Balaban J connectivity index is 1.30. The lowest BCUT2D eigenvalue weighted by Crippen LogP contribution is -2.41. The normalized spacial score (nSPS) is 23.4. The zero-order valence-corrected chi connectivity index (χ0v) is 18.2. The Morgan fingerprint density at radius 3 is 2.56 bits per heavy atom. The number of nitrogens with zero attached hydrogens (tertiary/aromatic N) is 3. The number of rotatable bonds is 5. The van der Waals surface area contributed by atoms with E-state index in [0.29, 0.717) is 18.5 Å². The molecule has 8 heteroatoms. The van der Waals surface area contributed by atoms with Crippen LogP contribution >= 0.6 is 0 Å². The van der Waals surface area contributed by atoms with E-state index in [1.54, 1.807) is 0 Å². The molecule has 0 spiro atoms. The lowest BCUT2D eigenvalue weighted by molar-refractivity contribution is -0.137. The van der Waals surface area contributed by atoms with Crippen molar-refractivity contribution in [2.75, 3.05) is 32.0 Å². The first-order chi connectivity index (χ1) is 15.3. The van der Waals surface area contributed by atoms with Gasteiger partial charge in [-0.3, -0.25) is 14.7 Å². The van der Waals surface area contributed by atoms with E-state index in [-0.39, 0.29) is 17.5 Å². The number of alkyl halides is 3. The molecular weight excluding hydrogens is 417 g/mol. The minimum Gasteiger partial charge on any atom is -0.326 e. The fourth-order valence-corrected chi connectivity index (χ4v) is 5.03. The maximum Gasteiger partial charge on any atom is 0.416 e. The highest BCUT2D eigenvalue weighted by atomic mass is 19.4. The van der Waals surface area contributed by atoms with Crippen LogP contribution in [-0.4, -0.2) is 53.4 Å². The Morgan fingerprint density at radius 2 is 1.88 bits per heavy atom. The molecule has 1 aromatic carbocycles. The van der Waals surface area contributed by atoms with Gasteiger partial charge in [0.1, 0.15) is 0 Å². The summed E-state index contributed by atoms with van der Waals surface area (Å²) in [5.41, 5.74) is 0.707. The third-order valence-electron chi connectivity index (χ3n) is 6.76. The van der Waals surface area contributed by atoms with Crippen LogP contribution in [0.5, 0.6) is 0 Å². The minimum atomic E-state index is -4.42. The number of carbonyl (C=O) groups excluding carboxylic acids is 1. The van der Waals surface area contributed by atoms with Gasteiger partial charge in [0, 0.05) is 37.2 Å². The lowest BCUT2D eigenvalue weighted by Gasteiger charge is -2.37. The van der Waals surface area contributed by atoms with Gasteiger partial charge >= 0.3 is 6.18 Å². The van der Waals surface area contributed by atoms with Crippen molar-refractivity contribution in [2.45, 2.75) is 38.0 Å². The predicted octanol–water partition coefficient (Wildman–Crippen LogP) is 4.27. The van der Waals surface area contributed by atoms with Gasteiger partial charge < -0.3 is 10.2 Å². The highest BCUT2D eigenvalue weighted by Crippen LogP contribution is 2.34. The van der Waals surface area contributed by atoms with E-state index in [2.05, 4.69) is 20.1 Å². The average molecular weight is 447 g/mol. The van der Waals surface area contributed by atoms with E-state index >= 15 is 0 Å². The summed E-state index contributed by atoms with van der Waals surface area (Å²) in [5.74, 6) is 0.114. The number of carbonyl (C=O) groups is 1. The Labute approximate surface area is 186 Å². The molecule has 2 aromatic rings. The SMILES string of the molecule is CN1C[C@@H](C(=O)Nc2cccc(C(F)(F)F)c2)C[C@H]1C1CCN(Cc2ccncc2)CC1. The molecule has 2 aliphatic heterocycles. The lowest BCUT2D eigenvalue weighted by atomic mass is 9.86. The van der Waals surface area contributed by atoms with E-state index in [4.69, 9.17) is 0 Å². The highest BCUT2D eigenvalue weighted by molar-refractivity contribution is 5.93. The fourth-order valence-electron chi connectivity index (χ4n) is 5.03. The molecule has 2 atom stereocenters. The van der Waals surface area contributed by atoms with Crippen molar-refractivity contribution in [1.82, 2.24) is 14.8 Å². The van der Waals surface area contributed by atoms with Crippen LogP contribution in [0, 0.1) is 11.8 Å². The van der Waals surface area contributed by atoms with Gasteiger partial charge in [-0.05, 0) is 81.2 Å². The van der Waals surface area contributed by atoms with Gasteiger partial charge in [0.05, 0.1) is 11.5 Å². The quantitative estimate of drug-likeness (QED) is 0.745. The van der Waals surface area contributed by atoms with Crippen molar-refractivity contribution in [3.05, 3.63) is 59.9 Å². The molecule has 0 aliphatic carbocycles. The highest BCUT2D eigenvalue weighted by Gasteiger charge is 2.39. The number of amides is 1. The zero-order chi connectivity index (χ0) is 22.7. The first kappa shape index (κ1) is 22.7. The van der Waals surface area contributed by atoms with Crippen molar-refractivity contribution in [2.24, 2.45) is 11.8 Å². The van der Waals surface area contributed by atoms with Crippen molar-refractivity contribution in [1.29, 1.82) is 0 Å². The molecule has 0 unspecified atom stereocenters. The molecule has 32 heavy (non-hydrogen) atoms. The van der Waals surface area contributed by atoms with Crippen LogP contribution in [0.1, 0.15) is 30.4 Å². The van der Waals surface area contributed by atoms with Crippen LogP contribution in [0.15, 0.2) is 48.8 Å². The maximum absolute atomic E-state index is 12.9. The molecule has 0 saturated carbocycles. The standard InChI is InChI=1S/C24H29F3N4O/c1-30-16-19(23(32)29-21-4-2-3-20(14-21)24(25,26)27)13-22(30)18-7-11-31(12-8-18)15-17-5-9-28-10-6-17/h2-6,9-10,14,18-19,22H,7-8,11-13,15-16H2,1H3,(H,29,32)/t19-,22-/m0/s1. The van der Waals surface area contributed by atoms with Gasteiger partial charge in [-0.15, -0.1) is 0 Å². The molecule has 2 aliphatic rings. The number of pyridine rings is 1. The molecule has 5 nitrogen and oxygen atoms in total. The van der Waals surface area contributed by atoms with E-state index < -0.39 is 11.7 Å². The minimum absolute atomic E-state index is 0.195.